The highest BCUT2D eigenvalue weighted by atomic mass is 31.2. The molecule has 7 rings (SSSR count). The Morgan fingerprint density at radius 2 is 1.46 bits per heavy atom. The Morgan fingerprint density at radius 3 is 2.10 bits per heavy atom. The van der Waals surface area contributed by atoms with Gasteiger partial charge in [-0.2, -0.15) is 0 Å². The zero-order chi connectivity index (χ0) is 48.8. The Balaban J connectivity index is 0.940. The van der Waals surface area contributed by atoms with E-state index >= 15 is 0 Å². The molecule has 10 atom stereocenters. The van der Waals surface area contributed by atoms with Crippen LogP contribution in [0.4, 0.5) is 10.1 Å². The van der Waals surface area contributed by atoms with Crippen molar-refractivity contribution in [2.45, 2.75) is 152 Å². The Hall–Kier alpha value is -3.86. The minimum atomic E-state index is -3.69. The summed E-state index contributed by atoms with van der Waals surface area (Å²) in [5.41, 5.74) is 1.85. The molecule has 3 N–H and O–H groups in total. The third-order valence-corrected chi connectivity index (χ3v) is 20.4. The first-order chi connectivity index (χ1) is 31.5. The number of allylic oxidation sites excluding steroid dienone is 2. The lowest BCUT2D eigenvalue weighted by atomic mass is 9.33. The van der Waals surface area contributed by atoms with E-state index in [0.717, 1.165) is 56.9 Å². The molecular formula is C54H77FN3O8P. The van der Waals surface area contributed by atoms with Crippen molar-refractivity contribution in [3.63, 3.8) is 0 Å². The predicted octanol–water partition coefficient (Wildman–Crippen LogP) is 11.3. The van der Waals surface area contributed by atoms with E-state index in [1.807, 2.05) is 12.1 Å². The highest BCUT2D eigenvalue weighted by Crippen LogP contribution is 2.75. The van der Waals surface area contributed by atoms with E-state index in [1.165, 1.54) is 24.6 Å². The van der Waals surface area contributed by atoms with Gasteiger partial charge < -0.3 is 29.7 Å². The van der Waals surface area contributed by atoms with Crippen molar-refractivity contribution in [1.29, 1.82) is 0 Å². The molecule has 368 valence electrons. The molecule has 0 bridgehead atoms. The largest absolute Gasteiger partial charge is 0.462 e. The van der Waals surface area contributed by atoms with Crippen LogP contribution in [0.2, 0.25) is 0 Å². The summed E-state index contributed by atoms with van der Waals surface area (Å²) in [6.07, 6.45) is 10.8. The van der Waals surface area contributed by atoms with Gasteiger partial charge in [-0.3, -0.25) is 23.7 Å². The maximum atomic E-state index is 14.9. The number of carbonyl (C=O) groups is 4. The second-order valence-corrected chi connectivity index (χ2v) is 24.6. The van der Waals surface area contributed by atoms with Crippen molar-refractivity contribution >= 4 is 36.9 Å². The summed E-state index contributed by atoms with van der Waals surface area (Å²) in [5.74, 6) is -1.10. The van der Waals surface area contributed by atoms with Gasteiger partial charge in [0.05, 0.1) is 19.6 Å². The van der Waals surface area contributed by atoms with Crippen LogP contribution in [0.5, 0.6) is 0 Å². The fourth-order valence-electron chi connectivity index (χ4n) is 14.2. The van der Waals surface area contributed by atoms with Crippen LogP contribution in [0.25, 0.3) is 0 Å². The molecule has 5 aliphatic rings. The summed E-state index contributed by atoms with van der Waals surface area (Å²) in [6, 6.07) is 13.0. The summed E-state index contributed by atoms with van der Waals surface area (Å²) < 4.78 is 44.8. The van der Waals surface area contributed by atoms with Gasteiger partial charge in [0, 0.05) is 42.4 Å². The summed E-state index contributed by atoms with van der Waals surface area (Å²) in [5, 5.41) is 9.46. The molecule has 0 aromatic heterocycles. The van der Waals surface area contributed by atoms with Crippen LogP contribution in [0.15, 0.2) is 60.2 Å². The van der Waals surface area contributed by atoms with Gasteiger partial charge in [0.2, 0.25) is 11.8 Å². The van der Waals surface area contributed by atoms with E-state index in [9.17, 15) is 28.1 Å². The molecule has 4 fully saturated rings. The van der Waals surface area contributed by atoms with Crippen molar-refractivity contribution in [2.24, 2.45) is 50.2 Å². The van der Waals surface area contributed by atoms with Crippen LogP contribution < -0.4 is 16.0 Å². The van der Waals surface area contributed by atoms with E-state index in [2.05, 4.69) is 70.5 Å². The highest BCUT2D eigenvalue weighted by molar-refractivity contribution is 7.54. The third kappa shape index (κ3) is 9.46. The third-order valence-electron chi connectivity index (χ3n) is 18.1. The standard InChI is InChI=1S/C54H77FN3O8P/c1-11-64-67(63,65-12-2)47(37-16-18-38(55)19-17-37)58-39-20-14-36(15-21-39)32-45(61)56-30-13-31-57-48(62)51(7)27-26-50(6)28-29-53(9)40(41(50)34-51)33-42(60)46-52(8)24-23-44(66-35(3)59)49(4,5)43(52)22-25-54(46,53)10/h14-21,33,41,43-44,46-47,58H,11-13,22-32,34H2,1-10H3,(H,56,61)(H,57,62)/t41-,43-,44-,46+,47?,50+,51-,52-,53+,54+/m0/s1. The molecule has 0 spiro atoms. The van der Waals surface area contributed by atoms with Crippen LogP contribution in [0, 0.1) is 56.1 Å². The zero-order valence-corrected chi connectivity index (χ0v) is 42.7. The first-order valence-electron chi connectivity index (χ1n) is 25.0. The molecule has 13 heteroatoms. The molecular weight excluding hydrogens is 869 g/mol. The van der Waals surface area contributed by atoms with Crippen LogP contribution in [0.3, 0.4) is 0 Å². The molecule has 11 nitrogen and oxygen atoms in total. The van der Waals surface area contributed by atoms with Crippen LogP contribution in [0.1, 0.15) is 150 Å². The number of fused-ring (bicyclic) bond motifs is 7. The number of ketones is 1. The second kappa shape index (κ2) is 19.1. The van der Waals surface area contributed by atoms with Gasteiger partial charge in [0.15, 0.2) is 11.6 Å². The molecule has 2 aromatic rings. The maximum Gasteiger partial charge on any atom is 0.357 e. The molecule has 0 heterocycles. The number of halogens is 1. The molecule has 0 radical (unpaired) electrons. The molecule has 67 heavy (non-hydrogen) atoms. The fourth-order valence-corrected chi connectivity index (χ4v) is 16.1. The van der Waals surface area contributed by atoms with Crippen LogP contribution >= 0.6 is 7.60 Å². The van der Waals surface area contributed by atoms with Gasteiger partial charge in [0.1, 0.15) is 11.9 Å². The summed E-state index contributed by atoms with van der Waals surface area (Å²) >= 11 is 0. The number of hydrogen-bond acceptors (Lipinski definition) is 9. The van der Waals surface area contributed by atoms with Crippen molar-refractivity contribution < 1.29 is 41.9 Å². The molecule has 2 aromatic carbocycles. The number of ether oxygens (including phenoxy) is 1. The van der Waals surface area contributed by atoms with E-state index < -0.39 is 24.6 Å². The number of hydrogen-bond donors (Lipinski definition) is 3. The molecule has 4 saturated carbocycles. The van der Waals surface area contributed by atoms with Gasteiger partial charge in [-0.05, 0) is 153 Å². The van der Waals surface area contributed by atoms with Crippen molar-refractivity contribution in [3.8, 4) is 0 Å². The minimum absolute atomic E-state index is 0.0184. The summed E-state index contributed by atoms with van der Waals surface area (Å²) in [7, 11) is -3.69. The molecule has 5 aliphatic carbocycles. The second-order valence-electron chi connectivity index (χ2n) is 22.5. The quantitative estimate of drug-likeness (QED) is 0.0849. The van der Waals surface area contributed by atoms with Gasteiger partial charge in [0.25, 0.3) is 0 Å². The normalized spacial score (nSPS) is 33.7. The zero-order valence-electron chi connectivity index (χ0n) is 41.8. The SMILES string of the molecule is CCOP(=O)(OCC)C(Nc1ccc(CC(=O)NCCCNC(=O)[C@@]2(C)CC[C@]3(C)CC[C@]4(C)C(=CC(=O)[C@@H]5[C@@]6(C)CC[C@H](OC(C)=O)C(C)(C)[C@@H]6CC[C@]54C)[C@@H]3C2)cc1)c1ccc(F)cc1. The monoisotopic (exact) mass is 946 g/mol. The lowest BCUT2D eigenvalue weighted by Crippen LogP contribution is -2.66. The average molecular weight is 946 g/mol. The molecule has 0 saturated heterocycles. The number of anilines is 1. The Kier molecular flexibility index (Phi) is 14.6. The number of amides is 2. The van der Waals surface area contributed by atoms with E-state index in [4.69, 9.17) is 13.8 Å². The fraction of sp³-hybridized carbons (Fsp3) is 0.667. The van der Waals surface area contributed by atoms with Gasteiger partial charge in [-0.15, -0.1) is 0 Å². The molecule has 1 unspecified atom stereocenters. The smallest absolute Gasteiger partial charge is 0.357 e. The van der Waals surface area contributed by atoms with Crippen molar-refractivity contribution in [1.82, 2.24) is 10.6 Å². The number of benzene rings is 2. The number of nitrogens with one attached hydrogen (secondary N) is 3. The van der Waals surface area contributed by atoms with E-state index in [1.54, 1.807) is 38.1 Å². The lowest BCUT2D eigenvalue weighted by molar-refractivity contribution is -0.210. The molecule has 0 aliphatic heterocycles. The van der Waals surface area contributed by atoms with Crippen molar-refractivity contribution in [3.05, 3.63) is 77.1 Å². The number of rotatable bonds is 16. The Bertz CT molecular complexity index is 2260. The number of esters is 1. The Morgan fingerprint density at radius 1 is 0.821 bits per heavy atom. The summed E-state index contributed by atoms with van der Waals surface area (Å²) in [4.78, 5) is 54.1. The molecule has 2 amide bonds. The van der Waals surface area contributed by atoms with Gasteiger partial charge >= 0.3 is 13.6 Å². The lowest BCUT2D eigenvalue weighted by Gasteiger charge is -2.70. The van der Waals surface area contributed by atoms with Crippen LogP contribution in [-0.2, 0) is 43.9 Å². The maximum absolute atomic E-state index is 14.9. The topological polar surface area (TPSA) is 149 Å². The van der Waals surface area contributed by atoms with Crippen LogP contribution in [-0.4, -0.2) is 56.0 Å². The average Bonchev–Trinajstić information content (AvgIpc) is 3.26. The minimum Gasteiger partial charge on any atom is -0.462 e. The first-order valence-corrected chi connectivity index (χ1v) is 26.6. The number of carbonyl (C=O) groups excluding carboxylic acids is 4. The summed E-state index contributed by atoms with van der Waals surface area (Å²) in [6.45, 7) is 22.3. The van der Waals surface area contributed by atoms with Crippen molar-refractivity contribution in [2.75, 3.05) is 31.6 Å². The van der Waals surface area contributed by atoms with Gasteiger partial charge in [-0.25, -0.2) is 4.39 Å². The first kappa shape index (κ1) is 51.0. The predicted molar refractivity (Wildman–Crippen MR) is 259 cm³/mol. The van der Waals surface area contributed by atoms with E-state index in [0.29, 0.717) is 37.2 Å². The van der Waals surface area contributed by atoms with E-state index in [-0.39, 0.29) is 94.1 Å². The highest BCUT2D eigenvalue weighted by Gasteiger charge is 2.70. The van der Waals surface area contributed by atoms with Gasteiger partial charge in [-0.1, -0.05) is 78.3 Å². The Labute approximate surface area is 398 Å².